The van der Waals surface area contributed by atoms with Crippen molar-refractivity contribution >= 4 is 0 Å². The minimum absolute atomic E-state index is 1.00. The van der Waals surface area contributed by atoms with Crippen molar-refractivity contribution in [1.29, 1.82) is 0 Å². The van der Waals surface area contributed by atoms with Crippen LogP contribution in [0, 0.1) is 10.1 Å². The van der Waals surface area contributed by atoms with E-state index >= 15 is 0 Å². The molecule has 96 valence electrons. The molecule has 0 aliphatic carbocycles. The fraction of sp³-hybridized carbons (Fsp3) is 0.538. The first-order valence-electron chi connectivity index (χ1n) is 6.02. The highest BCUT2D eigenvalue weighted by Gasteiger charge is 2.20. The molecule has 17 heavy (non-hydrogen) atoms. The Balaban J connectivity index is 0.000000770. The van der Waals surface area contributed by atoms with Gasteiger partial charge in [0.2, 0.25) is 0 Å². The molecule has 0 saturated heterocycles. The van der Waals surface area contributed by atoms with E-state index in [9.17, 15) is 0 Å². The summed E-state index contributed by atoms with van der Waals surface area (Å²) in [6, 6.07) is 10.8. The number of rotatable bonds is 5. The molecule has 0 radical (unpaired) electrons. The van der Waals surface area contributed by atoms with E-state index in [4.69, 9.17) is 10.1 Å². The molecule has 4 heteroatoms. The lowest BCUT2D eigenvalue weighted by Crippen LogP contribution is -2.46. The van der Waals surface area contributed by atoms with Crippen LogP contribution in [0.3, 0.4) is 0 Å². The summed E-state index contributed by atoms with van der Waals surface area (Å²) < 4.78 is 1.20. The molecule has 0 bridgehead atoms. The number of hydrogen-bond donors (Lipinski definition) is 0. The van der Waals surface area contributed by atoms with Crippen LogP contribution in [0.2, 0.25) is 0 Å². The van der Waals surface area contributed by atoms with E-state index in [1.165, 1.54) is 36.2 Å². The van der Waals surface area contributed by atoms with Gasteiger partial charge in [-0.05, 0) is 20.8 Å². The van der Waals surface area contributed by atoms with Gasteiger partial charge in [-0.25, -0.2) is 0 Å². The third-order valence-electron chi connectivity index (χ3n) is 3.37. The van der Waals surface area contributed by atoms with Gasteiger partial charge in [0.05, 0.1) is 19.6 Å². The molecule has 0 N–H and O–H groups in total. The first kappa shape index (κ1) is 15.6. The summed E-state index contributed by atoms with van der Waals surface area (Å²) in [5.74, 6) is 0. The fourth-order valence-corrected chi connectivity index (χ4v) is 1.98. The topological polar surface area (TPSA) is 52.5 Å². The van der Waals surface area contributed by atoms with Crippen molar-refractivity contribution in [3.05, 3.63) is 46.0 Å². The molecule has 0 aliphatic rings. The molecule has 0 saturated carbocycles. The second-order valence-electron chi connectivity index (χ2n) is 4.01. The van der Waals surface area contributed by atoms with Crippen LogP contribution in [0.4, 0.5) is 0 Å². The van der Waals surface area contributed by atoms with E-state index in [0.29, 0.717) is 0 Å². The van der Waals surface area contributed by atoms with Crippen molar-refractivity contribution in [3.63, 3.8) is 0 Å². The zero-order valence-corrected chi connectivity index (χ0v) is 10.9. The second-order valence-corrected chi connectivity index (χ2v) is 4.01. The molecule has 0 fully saturated rings. The lowest BCUT2D eigenvalue weighted by molar-refractivity contribution is -0.936. The normalized spacial score (nSPS) is 10.3. The standard InChI is InChI=1S/C13H22N.HNO2/c1-4-14(5-2,6-3)12-13-10-8-7-9-11-13;2-1-3/h7-11H,4-6,12H2,1-3H3;(H,2,3)/q+1;/p-1. The zero-order chi connectivity index (χ0) is 13.1. The molecule has 1 rings (SSSR count). The summed E-state index contributed by atoms with van der Waals surface area (Å²) in [5.41, 5.74) is 1.46. The van der Waals surface area contributed by atoms with Crippen molar-refractivity contribution in [2.45, 2.75) is 27.3 Å². The van der Waals surface area contributed by atoms with Gasteiger partial charge in [0.1, 0.15) is 6.54 Å². The highest BCUT2D eigenvalue weighted by Crippen LogP contribution is 2.13. The number of benzene rings is 1. The van der Waals surface area contributed by atoms with Gasteiger partial charge in [0.25, 0.3) is 0 Å². The summed E-state index contributed by atoms with van der Waals surface area (Å²) in [4.78, 5) is 8.00. The summed E-state index contributed by atoms with van der Waals surface area (Å²) >= 11 is 0. The average molecular weight is 238 g/mol. The Morgan fingerprint density at radius 3 is 1.82 bits per heavy atom. The molecule has 0 heterocycles. The number of hydrogen-bond acceptors (Lipinski definition) is 3. The van der Waals surface area contributed by atoms with Crippen LogP contribution in [0.1, 0.15) is 26.3 Å². The Kier molecular flexibility index (Phi) is 7.97. The van der Waals surface area contributed by atoms with E-state index in [1.54, 1.807) is 0 Å². The van der Waals surface area contributed by atoms with E-state index < -0.39 is 0 Å². The van der Waals surface area contributed by atoms with Crippen molar-refractivity contribution < 1.29 is 4.48 Å². The average Bonchev–Trinajstić information content (AvgIpc) is 2.38. The third-order valence-corrected chi connectivity index (χ3v) is 3.37. The SMILES string of the molecule is CC[N+](CC)(CC)Cc1ccccc1.O=N[O-]. The van der Waals surface area contributed by atoms with Gasteiger partial charge in [-0.15, -0.1) is 5.34 Å². The van der Waals surface area contributed by atoms with Crippen molar-refractivity contribution in [1.82, 2.24) is 0 Å². The molecule has 1 aromatic carbocycles. The molecule has 0 aromatic heterocycles. The highest BCUT2D eigenvalue weighted by atomic mass is 16.6. The lowest BCUT2D eigenvalue weighted by atomic mass is 10.2. The van der Waals surface area contributed by atoms with Crippen molar-refractivity contribution in [2.75, 3.05) is 19.6 Å². The van der Waals surface area contributed by atoms with Crippen LogP contribution in [-0.4, -0.2) is 24.1 Å². The quantitative estimate of drug-likeness (QED) is 0.449. The summed E-state index contributed by atoms with van der Waals surface area (Å²) in [7, 11) is 0. The maximum atomic E-state index is 8.00. The summed E-state index contributed by atoms with van der Waals surface area (Å²) in [6.45, 7) is 11.7. The van der Waals surface area contributed by atoms with Crippen LogP contribution in [0.25, 0.3) is 0 Å². The van der Waals surface area contributed by atoms with Crippen LogP contribution < -0.4 is 0 Å². The summed E-state index contributed by atoms with van der Waals surface area (Å²) in [5, 5.41) is 9.00. The predicted molar refractivity (Wildman–Crippen MR) is 71.2 cm³/mol. The molecule has 0 unspecified atom stereocenters. The largest absolute Gasteiger partial charge is 0.444 e. The molecule has 0 aliphatic heterocycles. The minimum Gasteiger partial charge on any atom is -0.444 e. The van der Waals surface area contributed by atoms with Crippen LogP contribution in [-0.2, 0) is 6.54 Å². The van der Waals surface area contributed by atoms with Gasteiger partial charge >= 0.3 is 0 Å². The van der Waals surface area contributed by atoms with E-state index in [1.807, 2.05) is 0 Å². The lowest BCUT2D eigenvalue weighted by Gasteiger charge is -2.35. The smallest absolute Gasteiger partial charge is 0.104 e. The third kappa shape index (κ3) is 5.45. The maximum absolute atomic E-state index is 8.00. The molecule has 1 aromatic rings. The molecule has 0 amide bonds. The second kappa shape index (κ2) is 8.70. The fourth-order valence-electron chi connectivity index (χ4n) is 1.98. The Labute approximate surface area is 103 Å². The molecular formula is C13H22N2O2. The van der Waals surface area contributed by atoms with E-state index in [-0.39, 0.29) is 0 Å². The van der Waals surface area contributed by atoms with Gasteiger partial charge in [-0.2, -0.15) is 0 Å². The van der Waals surface area contributed by atoms with Crippen molar-refractivity contribution in [3.8, 4) is 0 Å². The van der Waals surface area contributed by atoms with Crippen LogP contribution in [0.15, 0.2) is 35.7 Å². The number of nitrogens with zero attached hydrogens (tertiary/aromatic N) is 2. The summed E-state index contributed by atoms with van der Waals surface area (Å²) in [6.07, 6.45) is 0. The Morgan fingerprint density at radius 2 is 1.47 bits per heavy atom. The zero-order valence-electron chi connectivity index (χ0n) is 10.9. The Bertz CT molecular complexity index is 289. The first-order chi connectivity index (χ1) is 8.17. The maximum Gasteiger partial charge on any atom is 0.104 e. The monoisotopic (exact) mass is 238 g/mol. The van der Waals surface area contributed by atoms with Crippen LogP contribution >= 0.6 is 0 Å². The molecule has 4 nitrogen and oxygen atoms in total. The highest BCUT2D eigenvalue weighted by molar-refractivity contribution is 5.13. The van der Waals surface area contributed by atoms with Gasteiger partial charge in [0, 0.05) is 5.56 Å². The van der Waals surface area contributed by atoms with Gasteiger partial charge in [0.15, 0.2) is 0 Å². The molecule has 0 atom stereocenters. The van der Waals surface area contributed by atoms with Gasteiger partial charge < -0.3 is 14.6 Å². The molecular weight excluding hydrogens is 216 g/mol. The van der Waals surface area contributed by atoms with Crippen molar-refractivity contribution in [2.24, 2.45) is 5.34 Å². The minimum atomic E-state index is 1.00. The van der Waals surface area contributed by atoms with Gasteiger partial charge in [-0.3, -0.25) is 0 Å². The van der Waals surface area contributed by atoms with Gasteiger partial charge in [-0.1, -0.05) is 30.3 Å². The number of quaternary nitrogens is 1. The Morgan fingerprint density at radius 1 is 1.06 bits per heavy atom. The van der Waals surface area contributed by atoms with Crippen LogP contribution in [0.5, 0.6) is 0 Å². The van der Waals surface area contributed by atoms with E-state index in [0.717, 1.165) is 5.34 Å². The Hall–Kier alpha value is -1.42. The molecule has 0 spiro atoms. The van der Waals surface area contributed by atoms with E-state index in [2.05, 4.69) is 51.1 Å². The first-order valence-corrected chi connectivity index (χ1v) is 6.02. The predicted octanol–water partition coefficient (Wildman–Crippen LogP) is 3.31.